The molecule has 2 aliphatic heterocycles. The zero-order valence-electron chi connectivity index (χ0n) is 14.0. The van der Waals surface area contributed by atoms with Gasteiger partial charge >= 0.3 is 0 Å². The molecule has 5 atom stereocenters. The van der Waals surface area contributed by atoms with E-state index in [1.165, 1.54) is 6.92 Å². The lowest BCUT2D eigenvalue weighted by atomic mass is 9.90. The molecular formula is C16H27NO6. The minimum absolute atomic E-state index is 0.223. The first kappa shape index (κ1) is 18.4. The van der Waals surface area contributed by atoms with Crippen molar-refractivity contribution in [2.75, 3.05) is 19.8 Å². The van der Waals surface area contributed by atoms with Gasteiger partial charge < -0.3 is 29.4 Å². The molecule has 2 aliphatic rings. The second-order valence-electron chi connectivity index (χ2n) is 6.38. The molecular weight excluding hydrogens is 302 g/mol. The molecule has 0 aliphatic carbocycles. The van der Waals surface area contributed by atoms with E-state index in [1.807, 2.05) is 0 Å². The molecule has 0 spiro atoms. The average molecular weight is 329 g/mol. The summed E-state index contributed by atoms with van der Waals surface area (Å²) in [4.78, 5) is 11.5. The molecule has 0 aromatic heterocycles. The van der Waals surface area contributed by atoms with Crippen LogP contribution in [0.5, 0.6) is 0 Å². The Kier molecular flexibility index (Phi) is 6.16. The van der Waals surface area contributed by atoms with Gasteiger partial charge in [-0.25, -0.2) is 0 Å². The van der Waals surface area contributed by atoms with Crippen LogP contribution in [0.1, 0.15) is 27.2 Å². The number of fused-ring (bicyclic) bond motifs is 1. The number of aliphatic hydroxyl groups excluding tert-OH is 1. The molecule has 0 radical (unpaired) electrons. The molecule has 1 amide bonds. The van der Waals surface area contributed by atoms with Crippen molar-refractivity contribution in [1.29, 1.82) is 0 Å². The molecule has 2 rings (SSSR count). The summed E-state index contributed by atoms with van der Waals surface area (Å²) in [6, 6.07) is -0.546. The number of carbonyl (C=O) groups is 1. The van der Waals surface area contributed by atoms with E-state index < -0.39 is 24.0 Å². The summed E-state index contributed by atoms with van der Waals surface area (Å²) in [5.41, 5.74) is 0. The lowest BCUT2D eigenvalue weighted by Gasteiger charge is -2.50. The first-order valence-corrected chi connectivity index (χ1v) is 7.95. The lowest BCUT2D eigenvalue weighted by molar-refractivity contribution is -0.348. The molecule has 2 saturated heterocycles. The fourth-order valence-electron chi connectivity index (χ4n) is 2.98. The third-order valence-corrected chi connectivity index (χ3v) is 3.99. The maximum atomic E-state index is 11.5. The number of hydrogen-bond donors (Lipinski definition) is 2. The summed E-state index contributed by atoms with van der Waals surface area (Å²) in [5, 5.41) is 13.5. The summed E-state index contributed by atoms with van der Waals surface area (Å²) >= 11 is 0. The molecule has 7 nitrogen and oxygen atoms in total. The third-order valence-electron chi connectivity index (χ3n) is 3.99. The van der Waals surface area contributed by atoms with Gasteiger partial charge in [-0.3, -0.25) is 4.79 Å². The van der Waals surface area contributed by atoms with Gasteiger partial charge in [0.05, 0.1) is 25.4 Å². The number of aliphatic hydroxyl groups is 1. The van der Waals surface area contributed by atoms with Gasteiger partial charge in [-0.1, -0.05) is 6.08 Å². The van der Waals surface area contributed by atoms with Crippen LogP contribution < -0.4 is 5.32 Å². The molecule has 2 fully saturated rings. The van der Waals surface area contributed by atoms with Gasteiger partial charge in [0.2, 0.25) is 5.91 Å². The van der Waals surface area contributed by atoms with E-state index in [9.17, 15) is 9.90 Å². The quantitative estimate of drug-likeness (QED) is 0.541. The standard InChI is InChI=1S/C16H27NO6/c1-5-7-20-8-6-11-13(17-10(2)18)14(19)15-12(22-11)9-21-16(3,4)23-15/h5,11-15,19H,1,6-9H2,2-4H3,(H,17,18). The molecule has 23 heavy (non-hydrogen) atoms. The monoisotopic (exact) mass is 329 g/mol. The van der Waals surface area contributed by atoms with Gasteiger partial charge in [-0.2, -0.15) is 0 Å². The topological polar surface area (TPSA) is 86.2 Å². The van der Waals surface area contributed by atoms with Crippen molar-refractivity contribution in [3.8, 4) is 0 Å². The number of ether oxygens (including phenoxy) is 4. The zero-order valence-corrected chi connectivity index (χ0v) is 14.0. The Labute approximate surface area is 136 Å². The SMILES string of the molecule is C=CCOCCC1OC2COC(C)(C)OC2C(O)C1NC(C)=O. The van der Waals surface area contributed by atoms with E-state index in [0.717, 1.165) is 0 Å². The average Bonchev–Trinajstić information content (AvgIpc) is 2.47. The van der Waals surface area contributed by atoms with Crippen LogP contribution in [-0.4, -0.2) is 67.1 Å². The van der Waals surface area contributed by atoms with Crippen LogP contribution in [0.2, 0.25) is 0 Å². The van der Waals surface area contributed by atoms with E-state index in [0.29, 0.717) is 26.2 Å². The molecule has 0 aromatic carbocycles. The Morgan fingerprint density at radius 2 is 2.26 bits per heavy atom. The Balaban J connectivity index is 2.05. The fraction of sp³-hybridized carbons (Fsp3) is 0.812. The van der Waals surface area contributed by atoms with E-state index in [1.54, 1.807) is 19.9 Å². The lowest BCUT2D eigenvalue weighted by Crippen LogP contribution is -2.68. The fourth-order valence-corrected chi connectivity index (χ4v) is 2.98. The number of rotatable bonds is 6. The first-order valence-electron chi connectivity index (χ1n) is 7.95. The molecule has 7 heteroatoms. The smallest absolute Gasteiger partial charge is 0.217 e. The molecule has 132 valence electrons. The maximum Gasteiger partial charge on any atom is 0.217 e. The van der Waals surface area contributed by atoms with Gasteiger partial charge in [0.15, 0.2) is 5.79 Å². The number of nitrogens with one attached hydrogen (secondary N) is 1. The Morgan fingerprint density at radius 1 is 1.52 bits per heavy atom. The van der Waals surface area contributed by atoms with Crippen LogP contribution in [0, 0.1) is 0 Å². The molecule has 0 saturated carbocycles. The largest absolute Gasteiger partial charge is 0.388 e. The molecule has 0 bridgehead atoms. The zero-order chi connectivity index (χ0) is 17.0. The highest BCUT2D eigenvalue weighted by molar-refractivity contribution is 5.73. The molecule has 0 aromatic rings. The summed E-state index contributed by atoms with van der Waals surface area (Å²) < 4.78 is 22.8. The minimum atomic E-state index is -0.870. The molecule has 2 N–H and O–H groups in total. The van der Waals surface area contributed by atoms with Crippen molar-refractivity contribution < 1.29 is 28.8 Å². The number of hydrogen-bond acceptors (Lipinski definition) is 6. The van der Waals surface area contributed by atoms with Crippen molar-refractivity contribution in [3.63, 3.8) is 0 Å². The van der Waals surface area contributed by atoms with Crippen LogP contribution in [0.3, 0.4) is 0 Å². The Morgan fingerprint density at radius 3 is 2.91 bits per heavy atom. The van der Waals surface area contributed by atoms with Gasteiger partial charge in [-0.15, -0.1) is 6.58 Å². The van der Waals surface area contributed by atoms with Crippen LogP contribution >= 0.6 is 0 Å². The van der Waals surface area contributed by atoms with E-state index in [-0.39, 0.29) is 18.1 Å². The van der Waals surface area contributed by atoms with Crippen molar-refractivity contribution in [2.45, 2.75) is 63.4 Å². The van der Waals surface area contributed by atoms with E-state index in [4.69, 9.17) is 18.9 Å². The molecule has 2 heterocycles. The summed E-state index contributed by atoms with van der Waals surface area (Å²) in [5.74, 6) is -1.01. The van der Waals surface area contributed by atoms with Crippen molar-refractivity contribution in [3.05, 3.63) is 12.7 Å². The minimum Gasteiger partial charge on any atom is -0.388 e. The van der Waals surface area contributed by atoms with Crippen molar-refractivity contribution in [2.24, 2.45) is 0 Å². The van der Waals surface area contributed by atoms with Crippen molar-refractivity contribution >= 4 is 5.91 Å². The van der Waals surface area contributed by atoms with Crippen LogP contribution in [0.15, 0.2) is 12.7 Å². The maximum absolute atomic E-state index is 11.5. The summed E-state index contributed by atoms with van der Waals surface area (Å²) in [7, 11) is 0. The normalized spacial score (nSPS) is 36.1. The van der Waals surface area contributed by atoms with Crippen LogP contribution in [0.25, 0.3) is 0 Å². The van der Waals surface area contributed by atoms with Gasteiger partial charge in [-0.05, 0) is 20.3 Å². The van der Waals surface area contributed by atoms with E-state index >= 15 is 0 Å². The second kappa shape index (κ2) is 7.72. The number of carbonyl (C=O) groups excluding carboxylic acids is 1. The van der Waals surface area contributed by atoms with Crippen LogP contribution in [-0.2, 0) is 23.7 Å². The second-order valence-corrected chi connectivity index (χ2v) is 6.38. The van der Waals surface area contributed by atoms with Gasteiger partial charge in [0.25, 0.3) is 0 Å². The highest BCUT2D eigenvalue weighted by Crippen LogP contribution is 2.33. The van der Waals surface area contributed by atoms with Crippen LogP contribution in [0.4, 0.5) is 0 Å². The van der Waals surface area contributed by atoms with E-state index in [2.05, 4.69) is 11.9 Å². The summed E-state index contributed by atoms with van der Waals surface area (Å²) in [6.07, 6.45) is 0.0672. The predicted octanol–water partition coefficient (Wildman–Crippen LogP) is 0.364. The summed E-state index contributed by atoms with van der Waals surface area (Å²) in [6.45, 7) is 9.83. The van der Waals surface area contributed by atoms with Gasteiger partial charge in [0, 0.05) is 13.5 Å². The third kappa shape index (κ3) is 4.74. The van der Waals surface area contributed by atoms with Crippen molar-refractivity contribution in [1.82, 2.24) is 5.32 Å². The molecule has 5 unspecified atom stereocenters. The Hall–Kier alpha value is -0.990. The highest BCUT2D eigenvalue weighted by atomic mass is 16.7. The predicted molar refractivity (Wildman–Crippen MR) is 82.8 cm³/mol. The number of amides is 1. The van der Waals surface area contributed by atoms with Gasteiger partial charge in [0.1, 0.15) is 18.3 Å². The first-order chi connectivity index (χ1) is 10.8. The highest BCUT2D eigenvalue weighted by Gasteiger charge is 2.50. The Bertz CT molecular complexity index is 427.